The van der Waals surface area contributed by atoms with Crippen LogP contribution in [0.5, 0.6) is 0 Å². The summed E-state index contributed by atoms with van der Waals surface area (Å²) in [6, 6.07) is 10.1. The number of hydrogen-bond acceptors (Lipinski definition) is 4. The van der Waals surface area contributed by atoms with Gasteiger partial charge >= 0.3 is 0 Å². The molecule has 0 aliphatic carbocycles. The van der Waals surface area contributed by atoms with Crippen molar-refractivity contribution >= 4 is 17.5 Å². The van der Waals surface area contributed by atoms with Gasteiger partial charge in [-0.15, -0.1) is 0 Å². The molecule has 1 aromatic heterocycles. The van der Waals surface area contributed by atoms with Crippen molar-refractivity contribution < 1.29 is 14.0 Å². The van der Waals surface area contributed by atoms with Gasteiger partial charge in [0.25, 0.3) is 5.91 Å². The molecule has 1 N–H and O–H groups in total. The number of aromatic nitrogens is 1. The van der Waals surface area contributed by atoms with Crippen molar-refractivity contribution in [1.82, 2.24) is 15.2 Å². The van der Waals surface area contributed by atoms with Crippen molar-refractivity contribution in [1.29, 1.82) is 0 Å². The van der Waals surface area contributed by atoms with Crippen LogP contribution in [-0.4, -0.2) is 53.5 Å². The van der Waals surface area contributed by atoms with Crippen LogP contribution in [0.1, 0.15) is 50.8 Å². The number of amides is 2. The SMILES string of the molecule is CC(C)(C)c1ccc(N(C(=O)[C@H]2CCCN2)C(C(=O)N2CC(F)C2)c2cccnc2)cc1. The molecule has 2 amide bonds. The van der Waals surface area contributed by atoms with E-state index in [1.165, 1.54) is 4.90 Å². The number of carbonyl (C=O) groups excluding carboxylic acids is 2. The highest BCUT2D eigenvalue weighted by Crippen LogP contribution is 2.33. The lowest BCUT2D eigenvalue weighted by Crippen LogP contribution is -2.57. The zero-order chi connectivity index (χ0) is 22.9. The van der Waals surface area contributed by atoms with Crippen LogP contribution in [-0.2, 0) is 15.0 Å². The van der Waals surface area contributed by atoms with Crippen molar-refractivity contribution in [2.75, 3.05) is 24.5 Å². The number of nitrogens with one attached hydrogen (secondary N) is 1. The van der Waals surface area contributed by atoms with E-state index in [1.54, 1.807) is 29.4 Å². The maximum Gasteiger partial charge on any atom is 0.250 e. The summed E-state index contributed by atoms with van der Waals surface area (Å²) in [4.78, 5) is 34.5. The second kappa shape index (κ2) is 8.98. The first-order chi connectivity index (χ1) is 15.3. The lowest BCUT2D eigenvalue weighted by atomic mass is 9.87. The molecule has 0 radical (unpaired) electrons. The van der Waals surface area contributed by atoms with E-state index in [0.717, 1.165) is 24.9 Å². The van der Waals surface area contributed by atoms with Crippen LogP contribution in [0.15, 0.2) is 48.8 Å². The summed E-state index contributed by atoms with van der Waals surface area (Å²) in [6.07, 6.45) is 3.87. The van der Waals surface area contributed by atoms with E-state index >= 15 is 0 Å². The minimum Gasteiger partial charge on any atom is -0.335 e. The van der Waals surface area contributed by atoms with E-state index in [2.05, 4.69) is 31.1 Å². The fourth-order valence-corrected chi connectivity index (χ4v) is 4.31. The van der Waals surface area contributed by atoms with Crippen LogP contribution in [0.3, 0.4) is 0 Å². The van der Waals surface area contributed by atoms with Crippen molar-refractivity contribution in [2.45, 2.75) is 57.3 Å². The Kier molecular flexibility index (Phi) is 6.29. The smallest absolute Gasteiger partial charge is 0.250 e. The highest BCUT2D eigenvalue weighted by Gasteiger charge is 2.42. The molecule has 2 aliphatic rings. The van der Waals surface area contributed by atoms with Gasteiger partial charge in [-0.2, -0.15) is 0 Å². The van der Waals surface area contributed by atoms with Crippen LogP contribution >= 0.6 is 0 Å². The highest BCUT2D eigenvalue weighted by atomic mass is 19.1. The number of hydrogen-bond donors (Lipinski definition) is 1. The Morgan fingerprint density at radius 1 is 1.19 bits per heavy atom. The highest BCUT2D eigenvalue weighted by molar-refractivity contribution is 6.04. The van der Waals surface area contributed by atoms with Gasteiger partial charge in [0.05, 0.1) is 19.1 Å². The molecule has 0 saturated carbocycles. The quantitative estimate of drug-likeness (QED) is 0.777. The Labute approximate surface area is 188 Å². The molecule has 2 aliphatic heterocycles. The first-order valence-corrected chi connectivity index (χ1v) is 11.3. The van der Waals surface area contributed by atoms with Gasteiger partial charge in [-0.1, -0.05) is 39.0 Å². The van der Waals surface area contributed by atoms with Crippen LogP contribution in [0.4, 0.5) is 10.1 Å². The molecule has 1 aromatic carbocycles. The first kappa shape index (κ1) is 22.4. The number of benzene rings is 1. The van der Waals surface area contributed by atoms with Gasteiger partial charge < -0.3 is 10.2 Å². The number of alkyl halides is 1. The van der Waals surface area contributed by atoms with Crippen molar-refractivity contribution in [3.05, 3.63) is 59.9 Å². The summed E-state index contributed by atoms with van der Waals surface area (Å²) in [5, 5.41) is 3.26. The number of nitrogens with zero attached hydrogens (tertiary/aromatic N) is 3. The number of carbonyl (C=O) groups is 2. The normalized spacial score (nSPS) is 20.0. The maximum absolute atomic E-state index is 13.7. The molecule has 6 nitrogen and oxygen atoms in total. The van der Waals surface area contributed by atoms with Gasteiger partial charge in [-0.3, -0.25) is 19.5 Å². The fourth-order valence-electron chi connectivity index (χ4n) is 4.31. The van der Waals surface area contributed by atoms with E-state index in [1.807, 2.05) is 24.3 Å². The van der Waals surface area contributed by atoms with Crippen LogP contribution in [0.25, 0.3) is 0 Å². The maximum atomic E-state index is 13.7. The predicted octanol–water partition coefficient (Wildman–Crippen LogP) is 3.39. The third-order valence-electron chi connectivity index (χ3n) is 6.25. The van der Waals surface area contributed by atoms with Crippen LogP contribution in [0, 0.1) is 0 Å². The Morgan fingerprint density at radius 2 is 1.91 bits per heavy atom. The standard InChI is InChI=1S/C25H31FN4O2/c1-25(2,3)18-8-10-20(11-9-18)30(23(31)21-7-5-13-28-21)22(17-6-4-12-27-14-17)24(32)29-15-19(26)16-29/h4,6,8-12,14,19,21-22,28H,5,7,13,15-16H2,1-3H3/t21-,22?/m1/s1. The molecule has 3 heterocycles. The van der Waals surface area contributed by atoms with Crippen LogP contribution < -0.4 is 10.2 Å². The molecule has 32 heavy (non-hydrogen) atoms. The number of anilines is 1. The van der Waals surface area contributed by atoms with E-state index in [-0.39, 0.29) is 36.4 Å². The van der Waals surface area contributed by atoms with Gasteiger partial charge in [0.15, 0.2) is 0 Å². The molecular formula is C25H31FN4O2. The Balaban J connectivity index is 1.77. The molecule has 2 fully saturated rings. The molecular weight excluding hydrogens is 407 g/mol. The Bertz CT molecular complexity index is 946. The van der Waals surface area contributed by atoms with E-state index < -0.39 is 12.2 Å². The average molecular weight is 439 g/mol. The molecule has 170 valence electrons. The van der Waals surface area contributed by atoms with Gasteiger partial charge in [-0.25, -0.2) is 4.39 Å². The van der Waals surface area contributed by atoms with Gasteiger partial charge in [0, 0.05) is 23.6 Å². The summed E-state index contributed by atoms with van der Waals surface area (Å²) >= 11 is 0. The summed E-state index contributed by atoms with van der Waals surface area (Å²) in [6.45, 7) is 7.28. The van der Waals surface area contributed by atoms with Crippen LogP contribution in [0.2, 0.25) is 0 Å². The lowest BCUT2D eigenvalue weighted by molar-refractivity contribution is -0.141. The molecule has 2 atom stereocenters. The summed E-state index contributed by atoms with van der Waals surface area (Å²) in [5.74, 6) is -0.427. The third-order valence-corrected chi connectivity index (χ3v) is 6.25. The number of likely N-dealkylation sites (tertiary alicyclic amines) is 1. The fraction of sp³-hybridized carbons (Fsp3) is 0.480. The monoisotopic (exact) mass is 438 g/mol. The molecule has 1 unspecified atom stereocenters. The number of rotatable bonds is 5. The molecule has 2 saturated heterocycles. The molecule has 4 rings (SSSR count). The number of halogens is 1. The zero-order valence-electron chi connectivity index (χ0n) is 18.9. The molecule has 0 bridgehead atoms. The summed E-state index contributed by atoms with van der Waals surface area (Å²) in [5.41, 5.74) is 2.37. The number of pyridine rings is 1. The van der Waals surface area contributed by atoms with Gasteiger partial charge in [0.1, 0.15) is 12.2 Å². The van der Waals surface area contributed by atoms with Gasteiger partial charge in [-0.05, 0) is 48.6 Å². The van der Waals surface area contributed by atoms with Crippen molar-refractivity contribution in [3.63, 3.8) is 0 Å². The van der Waals surface area contributed by atoms with Crippen molar-refractivity contribution in [3.8, 4) is 0 Å². The zero-order valence-corrected chi connectivity index (χ0v) is 18.9. The van der Waals surface area contributed by atoms with E-state index in [9.17, 15) is 14.0 Å². The van der Waals surface area contributed by atoms with E-state index in [0.29, 0.717) is 11.3 Å². The van der Waals surface area contributed by atoms with Gasteiger partial charge in [0.2, 0.25) is 5.91 Å². The topological polar surface area (TPSA) is 65.5 Å². The largest absolute Gasteiger partial charge is 0.335 e. The predicted molar refractivity (Wildman–Crippen MR) is 122 cm³/mol. The average Bonchev–Trinajstić information content (AvgIpc) is 3.29. The third kappa shape index (κ3) is 4.53. The van der Waals surface area contributed by atoms with Crippen molar-refractivity contribution in [2.24, 2.45) is 0 Å². The second-order valence-electron chi connectivity index (χ2n) is 9.68. The first-order valence-electron chi connectivity index (χ1n) is 11.3. The Hall–Kier alpha value is -2.80. The molecule has 0 spiro atoms. The second-order valence-corrected chi connectivity index (χ2v) is 9.68. The molecule has 2 aromatic rings. The lowest BCUT2D eigenvalue weighted by Gasteiger charge is -2.41. The molecule has 7 heteroatoms. The minimum atomic E-state index is -1.01. The Morgan fingerprint density at radius 3 is 2.44 bits per heavy atom. The minimum absolute atomic E-state index is 0.0350. The summed E-state index contributed by atoms with van der Waals surface area (Å²) in [7, 11) is 0. The summed E-state index contributed by atoms with van der Waals surface area (Å²) < 4.78 is 13.6. The van der Waals surface area contributed by atoms with E-state index in [4.69, 9.17) is 0 Å².